The van der Waals surface area contributed by atoms with E-state index in [0.717, 1.165) is 39.5 Å². The highest BCUT2D eigenvalue weighted by atomic mass is 32.1. The molecule has 0 atom stereocenters. The van der Waals surface area contributed by atoms with Crippen LogP contribution in [0.3, 0.4) is 0 Å². The minimum atomic E-state index is 0.0409. The summed E-state index contributed by atoms with van der Waals surface area (Å²) in [5, 5.41) is 5.23. The van der Waals surface area contributed by atoms with Gasteiger partial charge >= 0.3 is 0 Å². The molecule has 5 rings (SSSR count). The van der Waals surface area contributed by atoms with Crippen molar-refractivity contribution in [3.8, 4) is 10.6 Å². The van der Waals surface area contributed by atoms with Gasteiger partial charge in [0, 0.05) is 10.4 Å². The summed E-state index contributed by atoms with van der Waals surface area (Å²) in [6, 6.07) is 14.5. The number of fused-ring (bicyclic) bond motifs is 2. The second-order valence-electron chi connectivity index (χ2n) is 8.05. The fourth-order valence-corrected chi connectivity index (χ4v) is 6.55. The van der Waals surface area contributed by atoms with E-state index in [1.807, 2.05) is 6.07 Å². The number of nitrogens with zero attached hydrogens (tertiary/aromatic N) is 1. The van der Waals surface area contributed by atoms with Gasteiger partial charge in [0.05, 0.1) is 16.6 Å². The number of para-hydroxylation sites is 1. The van der Waals surface area contributed by atoms with Crippen LogP contribution >= 0.6 is 22.7 Å². The number of rotatable bonds is 4. The van der Waals surface area contributed by atoms with Crippen molar-refractivity contribution < 1.29 is 4.79 Å². The Balaban J connectivity index is 1.49. The number of nitrogens with one attached hydrogen (secondary N) is 1. The van der Waals surface area contributed by atoms with Crippen molar-refractivity contribution in [1.82, 2.24) is 4.98 Å². The summed E-state index contributed by atoms with van der Waals surface area (Å²) in [4.78, 5) is 19.2. The van der Waals surface area contributed by atoms with E-state index >= 15 is 0 Å². The molecule has 1 N–H and O–H groups in total. The third-order valence-electron chi connectivity index (χ3n) is 5.87. The second-order valence-corrected chi connectivity index (χ2v) is 10.2. The second kappa shape index (κ2) is 7.97. The Bertz CT molecular complexity index is 1220. The third-order valence-corrected chi connectivity index (χ3v) is 8.13. The molecule has 2 aromatic carbocycles. The van der Waals surface area contributed by atoms with Crippen LogP contribution in [-0.2, 0) is 24.1 Å². The molecule has 2 heterocycles. The summed E-state index contributed by atoms with van der Waals surface area (Å²) in [6.07, 6.45) is 5.00. The van der Waals surface area contributed by atoms with Crippen LogP contribution in [0.1, 0.15) is 40.0 Å². The quantitative estimate of drug-likeness (QED) is 0.390. The molecule has 2 aromatic heterocycles. The summed E-state index contributed by atoms with van der Waals surface area (Å²) in [6.45, 7) is 4.19. The Morgan fingerprint density at radius 3 is 2.70 bits per heavy atom. The minimum Gasteiger partial charge on any atom is -0.317 e. The van der Waals surface area contributed by atoms with Gasteiger partial charge in [-0.2, -0.15) is 0 Å². The van der Waals surface area contributed by atoms with Crippen molar-refractivity contribution in [3.05, 3.63) is 69.6 Å². The van der Waals surface area contributed by atoms with E-state index in [-0.39, 0.29) is 5.91 Å². The SMILES string of the molecule is Cc1ccc(CC(=O)Nc2sc3c(c2-c2nc4ccccc4s2)CCCC3)cc1C. The monoisotopic (exact) mass is 432 g/mol. The van der Waals surface area contributed by atoms with Crippen LogP contribution in [-0.4, -0.2) is 10.9 Å². The topological polar surface area (TPSA) is 42.0 Å². The van der Waals surface area contributed by atoms with E-state index in [1.54, 1.807) is 22.7 Å². The van der Waals surface area contributed by atoms with Crippen molar-refractivity contribution in [3.63, 3.8) is 0 Å². The zero-order valence-corrected chi connectivity index (χ0v) is 18.9. The normalized spacial score (nSPS) is 13.4. The maximum atomic E-state index is 12.9. The minimum absolute atomic E-state index is 0.0409. The third kappa shape index (κ3) is 3.68. The molecule has 0 radical (unpaired) electrons. The molecule has 1 aliphatic carbocycles. The summed E-state index contributed by atoms with van der Waals surface area (Å²) in [5.74, 6) is 0.0409. The molecular formula is C25H24N2OS2. The number of aromatic nitrogens is 1. The summed E-state index contributed by atoms with van der Waals surface area (Å²) < 4.78 is 1.19. The number of anilines is 1. The number of carbonyl (C=O) groups is 1. The molecule has 0 fully saturated rings. The molecule has 1 aliphatic rings. The van der Waals surface area contributed by atoms with Crippen molar-refractivity contribution in [2.75, 3.05) is 5.32 Å². The fourth-order valence-electron chi connectivity index (χ4n) is 4.13. The average molecular weight is 433 g/mol. The maximum absolute atomic E-state index is 12.9. The van der Waals surface area contributed by atoms with Gasteiger partial charge in [-0.1, -0.05) is 30.3 Å². The molecule has 3 nitrogen and oxygen atoms in total. The lowest BCUT2D eigenvalue weighted by Gasteiger charge is -2.12. The maximum Gasteiger partial charge on any atom is 0.229 e. The molecule has 0 spiro atoms. The van der Waals surface area contributed by atoms with Crippen LogP contribution in [0.15, 0.2) is 42.5 Å². The predicted octanol–water partition coefficient (Wildman–Crippen LogP) is 6.70. The van der Waals surface area contributed by atoms with Gasteiger partial charge in [0.2, 0.25) is 5.91 Å². The van der Waals surface area contributed by atoms with Gasteiger partial charge in [0.1, 0.15) is 10.0 Å². The van der Waals surface area contributed by atoms with Crippen LogP contribution < -0.4 is 5.32 Å². The van der Waals surface area contributed by atoms with E-state index in [9.17, 15) is 4.79 Å². The van der Waals surface area contributed by atoms with Gasteiger partial charge in [-0.25, -0.2) is 4.98 Å². The standard InChI is InChI=1S/C25H24N2OS2/c1-15-11-12-17(13-16(15)2)14-22(28)27-25-23(18-7-3-5-9-20(18)29-25)24-26-19-8-4-6-10-21(19)30-24/h4,6,8,10-13H,3,5,7,9,14H2,1-2H3,(H,27,28). The highest BCUT2D eigenvalue weighted by molar-refractivity contribution is 7.22. The van der Waals surface area contributed by atoms with Gasteiger partial charge in [-0.15, -0.1) is 22.7 Å². The Labute approximate surface area is 184 Å². The first-order valence-corrected chi connectivity index (χ1v) is 12.1. The summed E-state index contributed by atoms with van der Waals surface area (Å²) >= 11 is 3.47. The lowest BCUT2D eigenvalue weighted by Crippen LogP contribution is -2.14. The number of thiazole rings is 1. The first kappa shape index (κ1) is 19.5. The van der Waals surface area contributed by atoms with Gasteiger partial charge in [-0.3, -0.25) is 4.79 Å². The molecule has 0 aliphatic heterocycles. The first-order valence-electron chi connectivity index (χ1n) is 10.4. The Kier molecular flexibility index (Phi) is 5.17. The van der Waals surface area contributed by atoms with Gasteiger partial charge in [0.15, 0.2) is 0 Å². The van der Waals surface area contributed by atoms with Crippen molar-refractivity contribution in [2.24, 2.45) is 0 Å². The molecule has 30 heavy (non-hydrogen) atoms. The van der Waals surface area contributed by atoms with Crippen molar-refractivity contribution >= 4 is 43.8 Å². The lowest BCUT2D eigenvalue weighted by molar-refractivity contribution is -0.115. The van der Waals surface area contributed by atoms with E-state index in [4.69, 9.17) is 4.98 Å². The number of benzene rings is 2. The fraction of sp³-hybridized carbons (Fsp3) is 0.280. The molecule has 4 aromatic rings. The highest BCUT2D eigenvalue weighted by Gasteiger charge is 2.25. The summed E-state index contributed by atoms with van der Waals surface area (Å²) in [5.41, 5.74) is 7.11. The Morgan fingerprint density at radius 2 is 1.87 bits per heavy atom. The number of aryl methyl sites for hydroxylation is 3. The lowest BCUT2D eigenvalue weighted by atomic mass is 9.95. The zero-order chi connectivity index (χ0) is 20.7. The van der Waals surface area contributed by atoms with Crippen molar-refractivity contribution in [1.29, 1.82) is 0 Å². The molecule has 0 unspecified atom stereocenters. The number of hydrogen-bond donors (Lipinski definition) is 1. The molecular weight excluding hydrogens is 408 g/mol. The Hall–Kier alpha value is -2.50. The molecule has 152 valence electrons. The Morgan fingerprint density at radius 1 is 1.03 bits per heavy atom. The molecule has 0 bridgehead atoms. The van der Waals surface area contributed by atoms with E-state index in [0.29, 0.717) is 6.42 Å². The van der Waals surface area contributed by atoms with Crippen LogP contribution in [0.5, 0.6) is 0 Å². The number of hydrogen-bond acceptors (Lipinski definition) is 4. The van der Waals surface area contributed by atoms with E-state index < -0.39 is 0 Å². The predicted molar refractivity (Wildman–Crippen MR) is 128 cm³/mol. The number of amides is 1. The summed E-state index contributed by atoms with van der Waals surface area (Å²) in [7, 11) is 0. The van der Waals surface area contributed by atoms with Gasteiger partial charge in [-0.05, 0) is 73.9 Å². The largest absolute Gasteiger partial charge is 0.317 e. The zero-order valence-electron chi connectivity index (χ0n) is 17.2. The van der Waals surface area contributed by atoms with Crippen LogP contribution in [0.4, 0.5) is 5.00 Å². The molecule has 0 saturated heterocycles. The van der Waals surface area contributed by atoms with E-state index in [1.165, 1.54) is 39.1 Å². The molecule has 1 amide bonds. The van der Waals surface area contributed by atoms with Gasteiger partial charge < -0.3 is 5.32 Å². The molecule has 5 heteroatoms. The highest BCUT2D eigenvalue weighted by Crippen LogP contribution is 2.46. The number of thiophene rings is 1. The average Bonchev–Trinajstić information content (AvgIpc) is 3.31. The van der Waals surface area contributed by atoms with Crippen LogP contribution in [0.25, 0.3) is 20.8 Å². The molecule has 0 saturated carbocycles. The smallest absolute Gasteiger partial charge is 0.229 e. The van der Waals surface area contributed by atoms with Crippen molar-refractivity contribution in [2.45, 2.75) is 46.0 Å². The van der Waals surface area contributed by atoms with Crippen LogP contribution in [0, 0.1) is 13.8 Å². The first-order chi connectivity index (χ1) is 14.6. The van der Waals surface area contributed by atoms with Crippen LogP contribution in [0.2, 0.25) is 0 Å². The van der Waals surface area contributed by atoms with Gasteiger partial charge in [0.25, 0.3) is 0 Å². The number of carbonyl (C=O) groups excluding carboxylic acids is 1. The van der Waals surface area contributed by atoms with E-state index in [2.05, 4.69) is 55.6 Å².